The SMILES string of the molecule is CC(=O)N(C(=O)OCc1ccccc1)[C@@H](CS)C(=O)N(C(=O)OCc1ccccc1)[C@@H](CS)C(=O)N(CC(=O)NCC(=O)O)C(=O)OCc1ccccc1. The van der Waals surface area contributed by atoms with Crippen molar-refractivity contribution in [2.24, 2.45) is 0 Å². The first-order valence-electron chi connectivity index (χ1n) is 16.1. The normalized spacial score (nSPS) is 11.5. The van der Waals surface area contributed by atoms with Gasteiger partial charge in [-0.1, -0.05) is 91.0 Å². The number of ether oxygens (including phenoxy) is 3. The highest BCUT2D eigenvalue weighted by Crippen LogP contribution is 2.19. The predicted molar refractivity (Wildman–Crippen MR) is 197 cm³/mol. The van der Waals surface area contributed by atoms with E-state index < -0.39 is 91.2 Å². The van der Waals surface area contributed by atoms with Gasteiger partial charge in [0.1, 0.15) is 45.0 Å². The number of carbonyl (C=O) groups excluding carboxylic acids is 7. The number of carbonyl (C=O) groups is 8. The van der Waals surface area contributed by atoms with Gasteiger partial charge in [-0.25, -0.2) is 29.1 Å². The zero-order chi connectivity index (χ0) is 39.6. The summed E-state index contributed by atoms with van der Waals surface area (Å²) in [6.45, 7) is -2.06. The standard InChI is InChI=1S/C36H38N4O12S2/c1-24(41)39(35(48)51-20-26-13-7-3-8-14-26)29(23-54)33(46)40(36(49)52-21-27-15-9-4-10-16-27)28(22-53)32(45)38(18-30(42)37-17-31(43)44)34(47)50-19-25-11-5-2-6-12-25/h2-16,28-29,53-54H,17-23H2,1H3,(H,37,42)(H,43,44)/t28-,29-/m0/s1. The van der Waals surface area contributed by atoms with Crippen molar-refractivity contribution in [3.05, 3.63) is 108 Å². The summed E-state index contributed by atoms with van der Waals surface area (Å²) >= 11 is 8.36. The number of nitrogens with zero attached hydrogens (tertiary/aromatic N) is 3. The quantitative estimate of drug-likeness (QED) is 0.122. The van der Waals surface area contributed by atoms with Crippen molar-refractivity contribution in [1.29, 1.82) is 0 Å². The van der Waals surface area contributed by atoms with Gasteiger partial charge < -0.3 is 24.6 Å². The molecule has 7 amide bonds. The van der Waals surface area contributed by atoms with E-state index >= 15 is 0 Å². The summed E-state index contributed by atoms with van der Waals surface area (Å²) < 4.78 is 16.0. The molecule has 0 aliphatic carbocycles. The number of amides is 7. The Hall–Kier alpha value is -5.88. The number of imide groups is 3. The van der Waals surface area contributed by atoms with E-state index in [9.17, 15) is 38.4 Å². The van der Waals surface area contributed by atoms with Gasteiger partial charge in [0, 0.05) is 18.4 Å². The number of carboxylic acid groups (broad SMARTS) is 1. The maximum absolute atomic E-state index is 14.4. The van der Waals surface area contributed by atoms with Crippen LogP contribution in [0.4, 0.5) is 14.4 Å². The van der Waals surface area contributed by atoms with Gasteiger partial charge in [-0.05, 0) is 16.7 Å². The molecule has 0 fully saturated rings. The molecule has 0 unspecified atom stereocenters. The van der Waals surface area contributed by atoms with Gasteiger partial charge in [-0.15, -0.1) is 0 Å². The molecule has 2 N–H and O–H groups in total. The number of nitrogens with one attached hydrogen (secondary N) is 1. The van der Waals surface area contributed by atoms with Crippen molar-refractivity contribution in [3.63, 3.8) is 0 Å². The molecule has 0 aliphatic rings. The average Bonchev–Trinajstić information content (AvgIpc) is 3.17. The third-order valence-corrected chi connectivity index (χ3v) is 8.04. The van der Waals surface area contributed by atoms with Crippen LogP contribution in [-0.2, 0) is 58.0 Å². The number of carboxylic acids is 1. The summed E-state index contributed by atoms with van der Waals surface area (Å²) in [5.41, 5.74) is 1.54. The van der Waals surface area contributed by atoms with E-state index in [0.29, 0.717) is 21.6 Å². The minimum absolute atomic E-state index is 0.262. The molecule has 0 spiro atoms. The smallest absolute Gasteiger partial charge is 0.417 e. The summed E-state index contributed by atoms with van der Waals surface area (Å²) in [5.74, 6) is -7.49. The van der Waals surface area contributed by atoms with E-state index in [1.165, 1.54) is 0 Å². The van der Waals surface area contributed by atoms with Crippen LogP contribution in [0.3, 0.4) is 0 Å². The minimum atomic E-state index is -2.03. The molecule has 0 saturated carbocycles. The summed E-state index contributed by atoms with van der Waals surface area (Å²) in [5, 5.41) is 11.0. The van der Waals surface area contributed by atoms with Crippen molar-refractivity contribution in [2.75, 3.05) is 24.6 Å². The van der Waals surface area contributed by atoms with Gasteiger partial charge in [0.25, 0.3) is 11.8 Å². The van der Waals surface area contributed by atoms with Crippen molar-refractivity contribution in [2.45, 2.75) is 38.8 Å². The zero-order valence-electron chi connectivity index (χ0n) is 28.9. The van der Waals surface area contributed by atoms with E-state index in [1.54, 1.807) is 91.0 Å². The molecule has 286 valence electrons. The van der Waals surface area contributed by atoms with Crippen LogP contribution >= 0.6 is 25.3 Å². The fourth-order valence-corrected chi connectivity index (χ4v) is 5.35. The fourth-order valence-electron chi connectivity index (χ4n) is 4.71. The molecule has 3 aromatic carbocycles. The second-order valence-corrected chi connectivity index (χ2v) is 11.9. The lowest BCUT2D eigenvalue weighted by Gasteiger charge is -2.35. The highest BCUT2D eigenvalue weighted by atomic mass is 32.1. The van der Waals surface area contributed by atoms with Gasteiger partial charge in [0.05, 0.1) is 0 Å². The van der Waals surface area contributed by atoms with E-state index in [4.69, 9.17) is 19.3 Å². The molecule has 18 heteroatoms. The van der Waals surface area contributed by atoms with Crippen LogP contribution < -0.4 is 5.32 Å². The first-order chi connectivity index (χ1) is 25.9. The monoisotopic (exact) mass is 782 g/mol. The summed E-state index contributed by atoms with van der Waals surface area (Å²) in [6, 6.07) is 21.0. The first-order valence-corrected chi connectivity index (χ1v) is 17.4. The van der Waals surface area contributed by atoms with E-state index in [2.05, 4.69) is 25.3 Å². The molecular formula is C36H38N4O12S2. The Bertz CT molecular complexity index is 1780. The van der Waals surface area contributed by atoms with Crippen LogP contribution in [-0.4, -0.2) is 104 Å². The van der Waals surface area contributed by atoms with Crippen LogP contribution in [0.15, 0.2) is 91.0 Å². The Morgan fingerprint density at radius 3 is 1.39 bits per heavy atom. The molecule has 3 aromatic rings. The van der Waals surface area contributed by atoms with Crippen LogP contribution in [0.2, 0.25) is 0 Å². The number of benzene rings is 3. The summed E-state index contributed by atoms with van der Waals surface area (Å²) in [4.78, 5) is 107. The van der Waals surface area contributed by atoms with Gasteiger partial charge in [0.2, 0.25) is 11.8 Å². The molecule has 0 saturated heterocycles. The second kappa shape index (κ2) is 21.6. The molecule has 0 radical (unpaired) electrons. The minimum Gasteiger partial charge on any atom is -0.480 e. The molecule has 0 heterocycles. The second-order valence-electron chi connectivity index (χ2n) is 11.2. The lowest BCUT2D eigenvalue weighted by Crippen LogP contribution is -2.62. The lowest BCUT2D eigenvalue weighted by molar-refractivity contribution is -0.148. The average molecular weight is 783 g/mol. The van der Waals surface area contributed by atoms with Crippen LogP contribution in [0, 0.1) is 0 Å². The highest BCUT2D eigenvalue weighted by molar-refractivity contribution is 7.80. The molecule has 0 aliphatic heterocycles. The fraction of sp³-hybridized carbons (Fsp3) is 0.278. The van der Waals surface area contributed by atoms with Gasteiger partial charge in [-0.3, -0.25) is 24.0 Å². The molecule has 2 atom stereocenters. The number of hydrogen-bond acceptors (Lipinski definition) is 13. The van der Waals surface area contributed by atoms with Crippen LogP contribution in [0.5, 0.6) is 0 Å². The Kier molecular flexibility index (Phi) is 17.0. The van der Waals surface area contributed by atoms with E-state index in [1.807, 2.05) is 5.32 Å². The van der Waals surface area contributed by atoms with E-state index in [-0.39, 0.29) is 23.0 Å². The Balaban J connectivity index is 2.02. The van der Waals surface area contributed by atoms with E-state index in [0.717, 1.165) is 6.92 Å². The third-order valence-electron chi connectivity index (χ3n) is 7.35. The number of thiol groups is 2. The Labute approximate surface area is 321 Å². The maximum atomic E-state index is 14.4. The number of hydrogen-bond donors (Lipinski definition) is 4. The van der Waals surface area contributed by atoms with Crippen molar-refractivity contribution in [1.82, 2.24) is 20.0 Å². The highest BCUT2D eigenvalue weighted by Gasteiger charge is 2.45. The molecule has 0 aromatic heterocycles. The van der Waals surface area contributed by atoms with Crippen LogP contribution in [0.1, 0.15) is 23.6 Å². The molecule has 3 rings (SSSR count). The molecule has 54 heavy (non-hydrogen) atoms. The van der Waals surface area contributed by atoms with Crippen molar-refractivity contribution >= 4 is 73.1 Å². The predicted octanol–water partition coefficient (Wildman–Crippen LogP) is 3.30. The lowest BCUT2D eigenvalue weighted by atomic mass is 10.1. The Morgan fingerprint density at radius 2 is 1.00 bits per heavy atom. The summed E-state index contributed by atoms with van der Waals surface area (Å²) in [7, 11) is 0. The first kappa shape index (κ1) is 42.5. The Morgan fingerprint density at radius 1 is 0.611 bits per heavy atom. The van der Waals surface area contributed by atoms with Crippen molar-refractivity contribution in [3.8, 4) is 0 Å². The molecule has 0 bridgehead atoms. The topological polar surface area (TPSA) is 206 Å². The van der Waals surface area contributed by atoms with Gasteiger partial charge in [0.15, 0.2) is 0 Å². The van der Waals surface area contributed by atoms with Crippen LogP contribution in [0.25, 0.3) is 0 Å². The molecule has 16 nitrogen and oxygen atoms in total. The number of aliphatic carboxylic acids is 1. The van der Waals surface area contributed by atoms with Gasteiger partial charge in [-0.2, -0.15) is 25.3 Å². The van der Waals surface area contributed by atoms with Crippen molar-refractivity contribution < 1.29 is 57.7 Å². The number of rotatable bonds is 16. The third kappa shape index (κ3) is 12.7. The van der Waals surface area contributed by atoms with Gasteiger partial charge >= 0.3 is 24.2 Å². The summed E-state index contributed by atoms with van der Waals surface area (Å²) in [6.07, 6.45) is -4.12. The zero-order valence-corrected chi connectivity index (χ0v) is 30.7. The maximum Gasteiger partial charge on any atom is 0.417 e. The molecular weight excluding hydrogens is 745 g/mol. The largest absolute Gasteiger partial charge is 0.480 e.